The molecule has 594 valence electrons. The van der Waals surface area contributed by atoms with Crippen LogP contribution < -0.4 is 17.2 Å². The predicted octanol–water partition coefficient (Wildman–Crippen LogP) is 7.49. The lowest BCUT2D eigenvalue weighted by atomic mass is 10.1. The van der Waals surface area contributed by atoms with E-state index in [9.17, 15) is 47.9 Å². The Morgan fingerprint density at radius 1 is 0.298 bits per heavy atom. The molecule has 121 heavy (non-hydrogen) atoms. The molecule has 0 spiro atoms. The molecule has 40 nitrogen and oxygen atoms in total. The fraction of sp³-hybridized carbons (Fsp3) is 0. The van der Waals surface area contributed by atoms with E-state index >= 15 is 0 Å². The molecule has 5 aliphatic rings. The molecule has 0 atom stereocenters. The quantitative estimate of drug-likeness (QED) is 0.0566. The Kier molecular flexibility index (Phi) is 33.2. The maximum atomic E-state index is 10.8. The van der Waals surface area contributed by atoms with E-state index in [4.69, 9.17) is 95.6 Å². The molecule has 0 radical (unpaired) electrons. The van der Waals surface area contributed by atoms with Gasteiger partial charge in [-0.15, -0.1) is 0 Å². The number of nitriles is 6. The summed E-state index contributed by atoms with van der Waals surface area (Å²) in [6.07, 6.45) is 14.1. The van der Waals surface area contributed by atoms with Crippen LogP contribution in [0.4, 0.5) is 0 Å². The number of hydrogen-bond acceptors (Lipinski definition) is 31. The number of nitrogens with zero attached hydrogens (tertiary/aromatic N) is 16. The smallest absolute Gasteiger partial charge is 0.365 e. The van der Waals surface area contributed by atoms with Crippen molar-refractivity contribution in [3.05, 3.63) is 349 Å². The van der Waals surface area contributed by atoms with Crippen molar-refractivity contribution in [2.45, 2.75) is 0 Å². The Bertz CT molecular complexity index is 5500. The summed E-state index contributed by atoms with van der Waals surface area (Å²) in [6, 6.07) is 54.3. The minimum absolute atomic E-state index is 0.109. The van der Waals surface area contributed by atoms with Crippen molar-refractivity contribution in [3.8, 4) is 36.4 Å². The zero-order chi connectivity index (χ0) is 88.8. The molecule has 12 heterocycles. The van der Waals surface area contributed by atoms with Gasteiger partial charge in [-0.25, -0.2) is 77.9 Å². The van der Waals surface area contributed by atoms with Gasteiger partial charge in [0.15, 0.2) is 34.6 Å². The normalized spacial score (nSPS) is 11.3. The summed E-state index contributed by atoms with van der Waals surface area (Å²) in [6.45, 7) is 0. The fourth-order valence-corrected chi connectivity index (χ4v) is 9.39. The number of aromatic nitrogens is 7. The first-order valence-corrected chi connectivity index (χ1v) is 33.1. The van der Waals surface area contributed by atoms with Crippen LogP contribution >= 0.6 is 0 Å². The molecule has 0 bridgehead atoms. The molecule has 40 heteroatoms. The Morgan fingerprint density at radius 2 is 0.661 bits per heavy atom. The Labute approximate surface area is 679 Å². The molecule has 0 saturated carbocycles. The topological polar surface area (TPSA) is 730 Å². The standard InChI is InChI=1S/C8H7N3.C8H4N2.C8H6O4.C8H4O3.2C7H6N4.2C7H3N3.2C7H5NO4.C7H3NO3/c9-7-5-3-1-2-4-6(5)8(10)11-7;9-5-7-3-1-2-4-8(7)6-10;9-7(10)5-3-1-2-4-6(5)8(11)12;9-7-5-3-1-2-4-6(5)8(10)11-7;8-6-4-1-2-10-3-5(4)7(9)11-6;8-6-4-2-1-3-10-5(4)7(9)11-6;8-3-6-1-2-10-5-7(6)4-9;8-4-6-2-1-3-10-7(6)5-9;9-6(10)4-1-2-8-3-5(4)7(11)12;9-6(10)4-2-1-3-8-5(4)7(11)12;9-6-4-2-1-3-8-5(4)7(10)11-6/h1-4H,(H3,9,10,11);1-4H;1-4H,(H,9,10)(H,11,12);1-4H;2*1-3H,(H3,8,9,11);1-2,5H;1-3H;2*1-3H,(H,9,10)(H,11,12);1-3H. The largest absolute Gasteiger partial charge is 0.478 e. The third-order valence-electron chi connectivity index (χ3n) is 14.9. The van der Waals surface area contributed by atoms with Gasteiger partial charge in [-0.05, 0) is 103 Å². The van der Waals surface area contributed by atoms with Crippen LogP contribution in [0.1, 0.15) is 171 Å². The maximum absolute atomic E-state index is 10.8. The van der Waals surface area contributed by atoms with Crippen LogP contribution in [0.25, 0.3) is 0 Å². The Hall–Kier alpha value is -19.6. The van der Waals surface area contributed by atoms with E-state index in [2.05, 4.69) is 59.3 Å². The molecule has 0 unspecified atom stereocenters. The number of carboxylic acid groups (broad SMARTS) is 6. The summed E-state index contributed by atoms with van der Waals surface area (Å²) in [5.74, 6) is -8.16. The summed E-state index contributed by atoms with van der Waals surface area (Å²) in [5.41, 5.74) is 22.6. The molecule has 15 N–H and O–H groups in total. The van der Waals surface area contributed by atoms with Crippen molar-refractivity contribution in [1.29, 1.82) is 47.8 Å². The van der Waals surface area contributed by atoms with Gasteiger partial charge in [0.05, 0.1) is 72.3 Å². The van der Waals surface area contributed by atoms with Gasteiger partial charge in [-0.3, -0.25) is 36.2 Å². The molecule has 16 rings (SSSR count). The number of fused-ring (bicyclic) bond motifs is 5. The van der Waals surface area contributed by atoms with E-state index in [1.54, 1.807) is 97.5 Å². The number of aromatic carboxylic acids is 6. The molecule has 4 aromatic carbocycles. The van der Waals surface area contributed by atoms with E-state index in [0.717, 1.165) is 34.5 Å². The summed E-state index contributed by atoms with van der Waals surface area (Å²) >= 11 is 0. The summed E-state index contributed by atoms with van der Waals surface area (Å²) in [4.78, 5) is 143. The monoisotopic (exact) mass is 1620 g/mol. The number of carbonyl (C=O) groups is 10. The molecule has 0 aliphatic carbocycles. The number of carbonyl (C=O) groups excluding carboxylic acids is 4. The minimum atomic E-state index is -1.34. The van der Waals surface area contributed by atoms with Crippen LogP contribution in [0.2, 0.25) is 0 Å². The molecule has 0 saturated heterocycles. The van der Waals surface area contributed by atoms with E-state index in [1.165, 1.54) is 85.7 Å². The number of amidine groups is 6. The van der Waals surface area contributed by atoms with E-state index in [-0.39, 0.29) is 62.3 Å². The van der Waals surface area contributed by atoms with Gasteiger partial charge in [0.2, 0.25) is 0 Å². The number of cyclic esters (lactones) is 4. The van der Waals surface area contributed by atoms with Gasteiger partial charge < -0.3 is 57.3 Å². The van der Waals surface area contributed by atoms with Gasteiger partial charge in [-0.1, -0.05) is 60.7 Å². The lowest BCUT2D eigenvalue weighted by molar-refractivity contribution is 0.0424. The highest BCUT2D eigenvalue weighted by molar-refractivity contribution is 6.22. The highest BCUT2D eigenvalue weighted by Crippen LogP contribution is 2.21. The van der Waals surface area contributed by atoms with Crippen LogP contribution in [0.3, 0.4) is 0 Å². The second kappa shape index (κ2) is 44.4. The molecular weight excluding hydrogens is 1570 g/mol. The maximum Gasteiger partial charge on any atom is 0.365 e. The average molecular weight is 1620 g/mol. The first-order valence-electron chi connectivity index (χ1n) is 33.1. The molecule has 0 amide bonds. The van der Waals surface area contributed by atoms with Crippen molar-refractivity contribution in [2.24, 2.45) is 32.2 Å². The second-order valence-electron chi connectivity index (χ2n) is 22.4. The lowest BCUT2D eigenvalue weighted by Crippen LogP contribution is -2.10. The zero-order valence-electron chi connectivity index (χ0n) is 61.3. The third-order valence-corrected chi connectivity index (χ3v) is 14.9. The molecule has 11 aromatic rings. The van der Waals surface area contributed by atoms with E-state index in [0.29, 0.717) is 67.7 Å². The van der Waals surface area contributed by atoms with Crippen molar-refractivity contribution >= 4 is 94.7 Å². The number of carboxylic acids is 6. The summed E-state index contributed by atoms with van der Waals surface area (Å²) in [5, 5.41) is 124. The number of esters is 4. The van der Waals surface area contributed by atoms with E-state index in [1.807, 2.05) is 66.7 Å². The Balaban J connectivity index is 0.000000206. The molecule has 5 aliphatic heterocycles. The highest BCUT2D eigenvalue weighted by Gasteiger charge is 2.31. The van der Waals surface area contributed by atoms with Gasteiger partial charge >= 0.3 is 59.7 Å². The van der Waals surface area contributed by atoms with Crippen LogP contribution in [-0.4, -0.2) is 160 Å². The average Bonchev–Trinajstić information content (AvgIpc) is 1.69. The first kappa shape index (κ1) is 90.3. The van der Waals surface area contributed by atoms with Crippen LogP contribution in [0.15, 0.2) is 241 Å². The number of aliphatic imine (C=N–C) groups is 3. The predicted molar refractivity (Wildman–Crippen MR) is 418 cm³/mol. The fourth-order valence-electron chi connectivity index (χ4n) is 9.39. The Morgan fingerprint density at radius 3 is 1.13 bits per heavy atom. The van der Waals surface area contributed by atoms with Crippen LogP contribution in [0, 0.1) is 84.2 Å². The summed E-state index contributed by atoms with van der Waals surface area (Å²) in [7, 11) is 0. The number of rotatable bonds is 6. The zero-order valence-corrected chi connectivity index (χ0v) is 61.3. The molecule has 7 aromatic heterocycles. The van der Waals surface area contributed by atoms with Crippen molar-refractivity contribution in [3.63, 3.8) is 0 Å². The number of hydrogen-bond donors (Lipinski definition) is 12. The summed E-state index contributed by atoms with van der Waals surface area (Å²) < 4.78 is 8.65. The van der Waals surface area contributed by atoms with Gasteiger partial charge in [0.1, 0.15) is 59.6 Å². The lowest BCUT2D eigenvalue weighted by Gasteiger charge is -1.98. The highest BCUT2D eigenvalue weighted by atomic mass is 16.6. The SMILES string of the molecule is N#Cc1ccccc1C#N.N#Cc1cccnc1C#N.N#Cc1ccncc1C#N.N=C1N=C(N)c2ccccc21.N=C1N=C(N)c2cccnc21.N=C1N=C(N)c2ccncc21.O=C(O)c1ccccc1C(=O)O.O=C(O)c1cccnc1C(=O)O.O=C(O)c1ccncc1C(=O)O.O=C1OC(=O)c2ccccc21.O=C1OC(=O)c2ncccc21. The number of ether oxygens (including phenoxy) is 2. The number of nitrogens with two attached hydrogens (primary N) is 3. The number of pyridine rings is 7. The van der Waals surface area contributed by atoms with Crippen molar-refractivity contribution < 1.29 is 88.1 Å². The number of nitrogens with one attached hydrogen (secondary N) is 3. The van der Waals surface area contributed by atoms with Gasteiger partial charge in [-0.2, -0.15) is 31.6 Å². The first-order chi connectivity index (χ1) is 58.0. The van der Waals surface area contributed by atoms with Crippen molar-refractivity contribution in [1.82, 2.24) is 34.9 Å². The van der Waals surface area contributed by atoms with Gasteiger partial charge in [0.25, 0.3) is 0 Å². The minimum Gasteiger partial charge on any atom is -0.478 e. The van der Waals surface area contributed by atoms with E-state index < -0.39 is 65.4 Å². The molecule has 0 fully saturated rings. The second-order valence-corrected chi connectivity index (χ2v) is 22.4. The van der Waals surface area contributed by atoms with Crippen molar-refractivity contribution in [2.75, 3.05) is 0 Å². The van der Waals surface area contributed by atoms with Crippen LogP contribution in [-0.2, 0) is 9.47 Å². The molecular formula is C81H52N22O18. The van der Waals surface area contributed by atoms with Gasteiger partial charge in [0, 0.05) is 89.8 Å². The third kappa shape index (κ3) is 24.9. The van der Waals surface area contributed by atoms with Crippen LogP contribution in [0.5, 0.6) is 0 Å². The number of benzene rings is 4.